The Bertz CT molecular complexity index is 1260. The van der Waals surface area contributed by atoms with E-state index in [1.165, 1.54) is 17.3 Å². The van der Waals surface area contributed by atoms with Crippen LogP contribution in [0.4, 0.5) is 5.69 Å². The number of amides is 2. The van der Waals surface area contributed by atoms with Gasteiger partial charge in [-0.1, -0.05) is 80.9 Å². The van der Waals surface area contributed by atoms with Crippen LogP contribution < -0.4 is 10.2 Å². The molecule has 5 heteroatoms. The Hall–Kier alpha value is -3.05. The molecule has 0 bridgehead atoms. The highest BCUT2D eigenvalue weighted by atomic mass is 32.2. The molecule has 2 heterocycles. The molecule has 0 aromatic heterocycles. The van der Waals surface area contributed by atoms with Crippen LogP contribution in [0.15, 0.2) is 77.7 Å². The molecule has 1 spiro atoms. The first-order valence-electron chi connectivity index (χ1n) is 11.7. The Morgan fingerprint density at radius 2 is 1.56 bits per heavy atom. The van der Waals surface area contributed by atoms with Gasteiger partial charge in [0.1, 0.15) is 10.7 Å². The van der Waals surface area contributed by atoms with Crippen LogP contribution in [0.2, 0.25) is 0 Å². The van der Waals surface area contributed by atoms with E-state index in [0.717, 1.165) is 27.3 Å². The van der Waals surface area contributed by atoms with Gasteiger partial charge in [0.25, 0.3) is 0 Å². The first-order chi connectivity index (χ1) is 16.1. The van der Waals surface area contributed by atoms with Crippen LogP contribution in [0.1, 0.15) is 49.1 Å². The molecule has 0 unspecified atom stereocenters. The number of nitrogens with zero attached hydrogens (tertiary/aromatic N) is 1. The van der Waals surface area contributed by atoms with Crippen molar-refractivity contribution < 1.29 is 9.59 Å². The van der Waals surface area contributed by atoms with Gasteiger partial charge in [-0.3, -0.25) is 9.59 Å². The summed E-state index contributed by atoms with van der Waals surface area (Å²) in [5, 5.41) is 2.65. The maximum absolute atomic E-state index is 14.1. The lowest BCUT2D eigenvalue weighted by Crippen LogP contribution is -2.48. The summed E-state index contributed by atoms with van der Waals surface area (Å²) < 4.78 is 0. The maximum atomic E-state index is 14.1. The Kier molecular flexibility index (Phi) is 5.36. The number of para-hydroxylation sites is 1. The minimum atomic E-state index is -1.03. The fourth-order valence-electron chi connectivity index (χ4n) is 5.26. The van der Waals surface area contributed by atoms with Gasteiger partial charge in [-0.25, -0.2) is 0 Å². The van der Waals surface area contributed by atoms with Crippen LogP contribution in [-0.4, -0.2) is 24.1 Å². The smallest absolute Gasteiger partial charge is 0.241 e. The van der Waals surface area contributed by atoms with E-state index >= 15 is 0 Å². The minimum Gasteiger partial charge on any atom is -0.347 e. The van der Waals surface area contributed by atoms with Crippen LogP contribution in [0, 0.1) is 6.92 Å². The van der Waals surface area contributed by atoms with E-state index in [2.05, 4.69) is 50.4 Å². The first-order valence-corrected chi connectivity index (χ1v) is 12.5. The molecule has 1 fully saturated rings. The summed E-state index contributed by atoms with van der Waals surface area (Å²) in [7, 11) is 1.81. The van der Waals surface area contributed by atoms with Gasteiger partial charge in [-0.05, 0) is 47.2 Å². The van der Waals surface area contributed by atoms with Crippen molar-refractivity contribution in [3.05, 3.63) is 95.1 Å². The van der Waals surface area contributed by atoms with Gasteiger partial charge in [0.15, 0.2) is 0 Å². The average Bonchev–Trinajstić information content (AvgIpc) is 3.23. The largest absolute Gasteiger partial charge is 0.347 e. The fourth-order valence-corrected chi connectivity index (χ4v) is 6.55. The lowest BCUT2D eigenvalue weighted by Gasteiger charge is -2.33. The van der Waals surface area contributed by atoms with Crippen molar-refractivity contribution in [3.8, 4) is 0 Å². The zero-order valence-electron chi connectivity index (χ0n) is 20.3. The molecule has 2 aliphatic heterocycles. The lowest BCUT2D eigenvalue weighted by molar-refractivity contribution is -0.125. The number of likely N-dealkylation sites (N-methyl/N-ethyl adjacent to an activating group) is 1. The molecule has 3 aromatic rings. The zero-order chi connectivity index (χ0) is 24.3. The normalized spacial score (nSPS) is 24.0. The molecule has 34 heavy (non-hydrogen) atoms. The highest BCUT2D eigenvalue weighted by Crippen LogP contribution is 2.57. The molecule has 4 nitrogen and oxygen atoms in total. The van der Waals surface area contributed by atoms with Crippen molar-refractivity contribution in [1.82, 2.24) is 5.32 Å². The summed E-state index contributed by atoms with van der Waals surface area (Å²) in [6.07, 6.45) is 0. The molecular weight excluding hydrogens is 440 g/mol. The third kappa shape index (κ3) is 3.37. The number of thioether (sulfide) groups is 1. The van der Waals surface area contributed by atoms with Crippen molar-refractivity contribution in [2.24, 2.45) is 0 Å². The highest BCUT2D eigenvalue weighted by molar-refractivity contribution is 8.00. The summed E-state index contributed by atoms with van der Waals surface area (Å²) in [6.45, 7) is 8.59. The second-order valence-electron chi connectivity index (χ2n) is 10.4. The third-order valence-electron chi connectivity index (χ3n) is 7.15. The van der Waals surface area contributed by atoms with E-state index in [1.54, 1.807) is 4.90 Å². The van der Waals surface area contributed by atoms with Gasteiger partial charge in [0.2, 0.25) is 11.8 Å². The molecule has 2 amide bonds. The quantitative estimate of drug-likeness (QED) is 0.547. The third-order valence-corrected chi connectivity index (χ3v) is 8.51. The first kappa shape index (κ1) is 22.7. The van der Waals surface area contributed by atoms with Crippen LogP contribution >= 0.6 is 11.8 Å². The topological polar surface area (TPSA) is 49.4 Å². The Morgan fingerprint density at radius 3 is 2.21 bits per heavy atom. The van der Waals surface area contributed by atoms with E-state index in [4.69, 9.17) is 0 Å². The van der Waals surface area contributed by atoms with Gasteiger partial charge in [0.05, 0.1) is 6.04 Å². The molecular formula is C29H30N2O2S. The number of hydrogen-bond donors (Lipinski definition) is 1. The number of carbonyl (C=O) groups excluding carboxylic acids is 2. The predicted octanol–water partition coefficient (Wildman–Crippen LogP) is 5.54. The molecule has 3 atom stereocenters. The van der Waals surface area contributed by atoms with Gasteiger partial charge in [0, 0.05) is 17.6 Å². The molecule has 0 radical (unpaired) electrons. The number of fused-ring (bicyclic) bond motifs is 2. The molecule has 3 aromatic carbocycles. The second-order valence-corrected chi connectivity index (χ2v) is 11.6. The maximum Gasteiger partial charge on any atom is 0.241 e. The SMILES string of the molecule is Cc1ccc(S[C@H]2C(=O)N[C@@H](c3ccc(C(C)(C)C)cc3)[C@]23C(=O)N(C)c2ccccc23)cc1. The number of benzene rings is 3. The summed E-state index contributed by atoms with van der Waals surface area (Å²) in [5.74, 6) is -0.143. The number of rotatable bonds is 3. The van der Waals surface area contributed by atoms with E-state index in [1.807, 2.05) is 62.5 Å². The fraction of sp³-hybridized carbons (Fsp3) is 0.310. The summed E-state index contributed by atoms with van der Waals surface area (Å²) in [5.41, 5.74) is 4.11. The second kappa shape index (κ2) is 8.02. The Morgan fingerprint density at radius 1 is 0.912 bits per heavy atom. The van der Waals surface area contributed by atoms with Crippen molar-refractivity contribution in [2.75, 3.05) is 11.9 Å². The van der Waals surface area contributed by atoms with E-state index in [-0.39, 0.29) is 17.2 Å². The van der Waals surface area contributed by atoms with Crippen molar-refractivity contribution in [3.63, 3.8) is 0 Å². The van der Waals surface area contributed by atoms with E-state index < -0.39 is 16.7 Å². The molecule has 5 rings (SSSR count). The predicted molar refractivity (Wildman–Crippen MR) is 138 cm³/mol. The Balaban J connectivity index is 1.67. The van der Waals surface area contributed by atoms with Crippen molar-refractivity contribution >= 4 is 29.3 Å². The van der Waals surface area contributed by atoms with Crippen molar-refractivity contribution in [2.45, 2.75) is 54.7 Å². The van der Waals surface area contributed by atoms with Gasteiger partial charge < -0.3 is 10.2 Å². The Labute approximate surface area is 205 Å². The number of nitrogens with one attached hydrogen (secondary N) is 1. The van der Waals surface area contributed by atoms with Crippen LogP contribution in [-0.2, 0) is 20.4 Å². The molecule has 0 saturated carbocycles. The number of hydrogen-bond acceptors (Lipinski definition) is 3. The van der Waals surface area contributed by atoms with Gasteiger partial charge >= 0.3 is 0 Å². The van der Waals surface area contributed by atoms with Gasteiger partial charge in [-0.2, -0.15) is 0 Å². The molecule has 174 valence electrons. The van der Waals surface area contributed by atoms with E-state index in [0.29, 0.717) is 0 Å². The molecule has 1 saturated heterocycles. The van der Waals surface area contributed by atoms with Gasteiger partial charge in [-0.15, -0.1) is 11.8 Å². The summed E-state index contributed by atoms with van der Waals surface area (Å²) in [6, 6.07) is 24.0. The van der Waals surface area contributed by atoms with Crippen LogP contribution in [0.3, 0.4) is 0 Å². The molecule has 1 N–H and O–H groups in total. The molecule has 2 aliphatic rings. The summed E-state index contributed by atoms with van der Waals surface area (Å²) in [4.78, 5) is 30.4. The average molecular weight is 471 g/mol. The number of anilines is 1. The zero-order valence-corrected chi connectivity index (χ0v) is 21.1. The standard InChI is InChI=1S/C29H30N2O2S/c1-18-10-16-21(17-11-18)34-25-26(32)30-24(19-12-14-20(15-13-19)28(2,3)4)29(25)22-8-6-7-9-23(22)31(5)27(29)33/h6-17,24-25H,1-5H3,(H,30,32)/t24-,25-,29-/m0/s1. The number of carbonyl (C=O) groups is 2. The van der Waals surface area contributed by atoms with E-state index in [9.17, 15) is 9.59 Å². The monoisotopic (exact) mass is 470 g/mol. The van der Waals surface area contributed by atoms with Crippen molar-refractivity contribution in [1.29, 1.82) is 0 Å². The molecule has 0 aliphatic carbocycles. The number of aryl methyl sites for hydroxylation is 1. The van der Waals surface area contributed by atoms with Crippen LogP contribution in [0.5, 0.6) is 0 Å². The minimum absolute atomic E-state index is 0.0228. The highest BCUT2D eigenvalue weighted by Gasteiger charge is 2.66. The summed E-state index contributed by atoms with van der Waals surface area (Å²) >= 11 is 1.48. The van der Waals surface area contributed by atoms with Crippen LogP contribution in [0.25, 0.3) is 0 Å². The lowest BCUT2D eigenvalue weighted by atomic mass is 9.72.